The number of pyridine rings is 2. The monoisotopic (exact) mass is 397 g/mol. The highest BCUT2D eigenvalue weighted by atomic mass is 15.1. The molecule has 0 N–H and O–H groups in total. The summed E-state index contributed by atoms with van der Waals surface area (Å²) in [5.74, 6) is 0. The average Bonchev–Trinajstić information content (AvgIpc) is 3.30. The van der Waals surface area contributed by atoms with Gasteiger partial charge in [-0.3, -0.25) is 0 Å². The number of allylic oxidation sites excluding steroid dienone is 1. The van der Waals surface area contributed by atoms with Gasteiger partial charge in [0.25, 0.3) is 0 Å². The molecule has 0 bridgehead atoms. The Balaban J connectivity index is 0.000000358. The molecule has 0 unspecified atom stereocenters. The molecule has 0 fully saturated rings. The van der Waals surface area contributed by atoms with Crippen molar-refractivity contribution in [2.24, 2.45) is 28.2 Å². The van der Waals surface area contributed by atoms with Gasteiger partial charge in [0.05, 0.1) is 14.1 Å². The van der Waals surface area contributed by atoms with Crippen molar-refractivity contribution in [3.8, 4) is 0 Å². The molecular weight excluding hydrogens is 358 g/mol. The summed E-state index contributed by atoms with van der Waals surface area (Å²) < 4.78 is 10.1. The van der Waals surface area contributed by atoms with Gasteiger partial charge >= 0.3 is 0 Å². The molecule has 29 heavy (non-hydrogen) atoms. The Hall–Kier alpha value is -3.08. The van der Waals surface area contributed by atoms with Gasteiger partial charge in [0, 0.05) is 30.7 Å². The smallest absolute Gasteiger partial charge is 0.240 e. The van der Waals surface area contributed by atoms with E-state index in [0.29, 0.717) is 0 Å². The Labute approximate surface area is 177 Å². The van der Waals surface area contributed by atoms with Crippen LogP contribution in [0.1, 0.15) is 19.4 Å². The molecule has 0 radical (unpaired) electrons. The maximum absolute atomic E-state index is 2.12. The van der Waals surface area contributed by atoms with Gasteiger partial charge in [0.15, 0.2) is 31.0 Å². The van der Waals surface area contributed by atoms with Gasteiger partial charge in [0.1, 0.15) is 39.8 Å². The summed E-state index contributed by atoms with van der Waals surface area (Å²) in [4.78, 5) is 0. The summed E-state index contributed by atoms with van der Waals surface area (Å²) in [6.07, 6.45) is 21.5. The number of hydrogen-bond donors (Lipinski definition) is 0. The molecule has 156 valence electrons. The first-order valence-corrected chi connectivity index (χ1v) is 9.38. The predicted octanol–water partition coefficient (Wildman–Crippen LogP) is 2.43. The number of aromatic nitrogens is 4. The fourth-order valence-electron chi connectivity index (χ4n) is 2.15. The molecule has 3 aromatic rings. The second-order valence-electron chi connectivity index (χ2n) is 6.79. The van der Waals surface area contributed by atoms with Crippen LogP contribution in [0.5, 0.6) is 0 Å². The molecule has 0 aliphatic carbocycles. The largest absolute Gasteiger partial charge is 0.243 e. The van der Waals surface area contributed by atoms with Crippen molar-refractivity contribution in [1.29, 1.82) is 0 Å². The molecule has 4 rings (SSSR count). The lowest BCUT2D eigenvalue weighted by atomic mass is 10.3. The molecule has 0 saturated carbocycles. The zero-order chi connectivity index (χ0) is 20.8. The third-order valence-electron chi connectivity index (χ3n) is 3.78. The molecule has 1 aliphatic heterocycles. The summed E-state index contributed by atoms with van der Waals surface area (Å²) in [7, 11) is 10.0. The number of rotatable bonds is 0. The highest BCUT2D eigenvalue weighted by molar-refractivity contribution is 5.55. The quantitative estimate of drug-likeness (QED) is 0.519. The molecule has 1 aliphatic rings. The van der Waals surface area contributed by atoms with Crippen LogP contribution in [0.2, 0.25) is 0 Å². The van der Waals surface area contributed by atoms with Gasteiger partial charge in [-0.2, -0.15) is 0 Å². The van der Waals surface area contributed by atoms with Crippen molar-refractivity contribution < 1.29 is 18.3 Å². The number of imidazole rings is 1. The summed E-state index contributed by atoms with van der Waals surface area (Å²) in [5, 5.41) is 0. The summed E-state index contributed by atoms with van der Waals surface area (Å²) in [6, 6.07) is 10.2. The van der Waals surface area contributed by atoms with E-state index < -0.39 is 0 Å². The summed E-state index contributed by atoms with van der Waals surface area (Å²) in [5.41, 5.74) is 1.31. The third kappa shape index (κ3) is 13.7. The highest BCUT2D eigenvalue weighted by Crippen LogP contribution is 1.87. The van der Waals surface area contributed by atoms with Crippen molar-refractivity contribution in [3.63, 3.8) is 0 Å². The number of nitrogens with zero attached hydrogens (tertiary/aromatic N) is 5. The minimum absolute atomic E-state index is 0. The zero-order valence-corrected chi connectivity index (χ0v) is 18.1. The molecule has 0 aromatic carbocycles. The van der Waals surface area contributed by atoms with Crippen LogP contribution in [0.15, 0.2) is 86.1 Å². The molecule has 0 atom stereocenters. The predicted molar refractivity (Wildman–Crippen MR) is 119 cm³/mol. The first-order valence-electron chi connectivity index (χ1n) is 9.38. The topological polar surface area (TPSA) is 19.6 Å². The van der Waals surface area contributed by atoms with Crippen LogP contribution in [0.4, 0.5) is 0 Å². The molecular formula is C24H39N5+4. The van der Waals surface area contributed by atoms with Gasteiger partial charge in [-0.05, 0) is 18.6 Å². The van der Waals surface area contributed by atoms with Crippen LogP contribution in [0.3, 0.4) is 0 Å². The van der Waals surface area contributed by atoms with Gasteiger partial charge in [-0.25, -0.2) is 22.8 Å². The van der Waals surface area contributed by atoms with E-state index in [1.807, 2.05) is 115 Å². The van der Waals surface area contributed by atoms with Crippen LogP contribution >= 0.6 is 0 Å². The Morgan fingerprint density at radius 1 is 0.793 bits per heavy atom. The van der Waals surface area contributed by atoms with Crippen LogP contribution in [-0.4, -0.2) is 22.4 Å². The van der Waals surface area contributed by atoms with Crippen molar-refractivity contribution in [2.45, 2.75) is 20.8 Å². The first-order chi connectivity index (χ1) is 13.4. The van der Waals surface area contributed by atoms with Gasteiger partial charge in [-0.15, -0.1) is 0 Å². The summed E-state index contributed by atoms with van der Waals surface area (Å²) >= 11 is 0. The second-order valence-corrected chi connectivity index (χ2v) is 6.79. The zero-order valence-electron chi connectivity index (χ0n) is 18.1. The van der Waals surface area contributed by atoms with Crippen molar-refractivity contribution in [1.82, 2.24) is 4.57 Å². The molecule has 4 heterocycles. The molecule has 5 nitrogen and oxygen atoms in total. The molecule has 5 heteroatoms. The Kier molecular flexibility index (Phi) is 13.3. The number of aryl methyl sites for hydroxylation is 5. The lowest BCUT2D eigenvalue weighted by Crippen LogP contribution is -2.25. The van der Waals surface area contributed by atoms with Crippen LogP contribution in [-0.2, 0) is 28.2 Å². The fourth-order valence-corrected chi connectivity index (χ4v) is 2.15. The van der Waals surface area contributed by atoms with Crippen molar-refractivity contribution >= 4 is 6.21 Å². The van der Waals surface area contributed by atoms with Crippen molar-refractivity contribution in [2.75, 3.05) is 7.05 Å². The lowest BCUT2D eigenvalue weighted by molar-refractivity contribution is -0.671. The first kappa shape index (κ1) is 25.9. The van der Waals surface area contributed by atoms with Crippen LogP contribution < -0.4 is 13.7 Å². The van der Waals surface area contributed by atoms with E-state index in [9.17, 15) is 0 Å². The molecule has 0 amide bonds. The second kappa shape index (κ2) is 14.9. The summed E-state index contributed by atoms with van der Waals surface area (Å²) in [6.45, 7) is 2.08. The Bertz CT molecular complexity index is 806. The van der Waals surface area contributed by atoms with Crippen LogP contribution in [0, 0.1) is 6.92 Å². The van der Waals surface area contributed by atoms with E-state index in [1.165, 1.54) is 5.56 Å². The van der Waals surface area contributed by atoms with Crippen LogP contribution in [0.25, 0.3) is 0 Å². The minimum atomic E-state index is 0. The maximum Gasteiger partial charge on any atom is 0.243 e. The Morgan fingerprint density at radius 3 is 1.62 bits per heavy atom. The fraction of sp³-hybridized carbons (Fsp3) is 0.333. The average molecular weight is 398 g/mol. The van der Waals surface area contributed by atoms with E-state index >= 15 is 0 Å². The van der Waals surface area contributed by atoms with Gasteiger partial charge in [0.2, 0.25) is 6.33 Å². The minimum Gasteiger partial charge on any atom is -0.240 e. The van der Waals surface area contributed by atoms with E-state index in [-0.39, 0.29) is 7.43 Å². The van der Waals surface area contributed by atoms with Gasteiger partial charge < -0.3 is 0 Å². The Morgan fingerprint density at radius 2 is 1.38 bits per heavy atom. The maximum atomic E-state index is 2.12. The normalized spacial score (nSPS) is 10.8. The molecule has 0 spiro atoms. The SMILES string of the molecule is C.C[N+]1=CCC=C1.C[n+]1ccccc1.Cc1cc[n+](C)cc1.Cn1cc[n+](C)c1. The van der Waals surface area contributed by atoms with E-state index in [0.717, 1.165) is 6.42 Å². The van der Waals surface area contributed by atoms with E-state index in [4.69, 9.17) is 0 Å². The van der Waals surface area contributed by atoms with E-state index in [2.05, 4.69) is 42.1 Å². The van der Waals surface area contributed by atoms with Crippen molar-refractivity contribution in [3.05, 3.63) is 91.7 Å². The standard InChI is InChI=1S/C7H10N.C6H8N.C5H9N2.C5H8N.CH4/c1-7-3-5-8(2)6-4-7;1-7-5-3-2-4-6-7;1-6-3-4-7(2)5-6;1-6-4-2-3-5-6;/h3-6H,1-2H3;2-6H,1H3;3-5H,1-2H3;2,4-5H,3H2,1H3;1H4/q4*+1;. The number of hydrogen-bond acceptors (Lipinski definition) is 0. The molecule has 3 aromatic heterocycles. The van der Waals surface area contributed by atoms with Gasteiger partial charge in [-0.1, -0.05) is 13.5 Å². The lowest BCUT2D eigenvalue weighted by Gasteiger charge is -1.85. The molecule has 0 saturated heterocycles. The highest BCUT2D eigenvalue weighted by Gasteiger charge is 1.92. The van der Waals surface area contributed by atoms with E-state index in [1.54, 1.807) is 0 Å². The third-order valence-corrected chi connectivity index (χ3v) is 3.78.